The van der Waals surface area contributed by atoms with E-state index in [-0.39, 0.29) is 11.7 Å². The maximum Gasteiger partial charge on any atom is 0.232 e. The molecule has 0 spiro atoms. The SMILES string of the molecule is O=C(CSc1ccc(F)c(F)c1)N1CCCC(CN2CCN(c3ccccn3)CC2)C1. The fourth-order valence-electron chi connectivity index (χ4n) is 4.31. The molecule has 2 aromatic rings. The largest absolute Gasteiger partial charge is 0.354 e. The highest BCUT2D eigenvalue weighted by molar-refractivity contribution is 8.00. The summed E-state index contributed by atoms with van der Waals surface area (Å²) in [5.41, 5.74) is 0. The van der Waals surface area contributed by atoms with E-state index in [1.165, 1.54) is 17.8 Å². The van der Waals surface area contributed by atoms with Gasteiger partial charge in [-0.2, -0.15) is 0 Å². The molecule has 1 aromatic carbocycles. The summed E-state index contributed by atoms with van der Waals surface area (Å²) in [6.45, 7) is 6.52. The van der Waals surface area contributed by atoms with E-state index >= 15 is 0 Å². The minimum Gasteiger partial charge on any atom is -0.354 e. The molecule has 0 N–H and O–H groups in total. The van der Waals surface area contributed by atoms with Gasteiger partial charge in [0.15, 0.2) is 11.6 Å². The molecule has 2 fully saturated rings. The second-order valence-corrected chi connectivity index (χ2v) is 9.24. The molecule has 1 unspecified atom stereocenters. The predicted octanol–water partition coefficient (Wildman–Crippen LogP) is 3.51. The quantitative estimate of drug-likeness (QED) is 0.635. The number of halogens is 2. The maximum atomic E-state index is 13.4. The summed E-state index contributed by atoms with van der Waals surface area (Å²) in [7, 11) is 0. The third kappa shape index (κ3) is 5.95. The van der Waals surface area contributed by atoms with Crippen molar-refractivity contribution in [3.63, 3.8) is 0 Å². The molecule has 2 saturated heterocycles. The lowest BCUT2D eigenvalue weighted by Gasteiger charge is -2.39. The molecule has 2 aliphatic rings. The van der Waals surface area contributed by atoms with Gasteiger partial charge in [0.05, 0.1) is 5.75 Å². The monoisotopic (exact) mass is 446 g/mol. The molecule has 4 rings (SSSR count). The lowest BCUT2D eigenvalue weighted by Crippen LogP contribution is -2.50. The fourth-order valence-corrected chi connectivity index (χ4v) is 5.13. The minimum absolute atomic E-state index is 0.0689. The Kier molecular flexibility index (Phi) is 7.40. The molecule has 31 heavy (non-hydrogen) atoms. The van der Waals surface area contributed by atoms with Crippen molar-refractivity contribution in [3.8, 4) is 0 Å². The number of hydrogen-bond donors (Lipinski definition) is 0. The Morgan fingerprint density at radius 3 is 2.65 bits per heavy atom. The Morgan fingerprint density at radius 1 is 1.06 bits per heavy atom. The Bertz CT molecular complexity index is 877. The van der Waals surface area contributed by atoms with Gasteiger partial charge < -0.3 is 9.80 Å². The first-order valence-electron chi connectivity index (χ1n) is 10.8. The number of pyridine rings is 1. The molecule has 1 amide bonds. The van der Waals surface area contributed by atoms with Gasteiger partial charge in [0.25, 0.3) is 0 Å². The van der Waals surface area contributed by atoms with Crippen molar-refractivity contribution in [1.29, 1.82) is 0 Å². The number of hydrogen-bond acceptors (Lipinski definition) is 5. The van der Waals surface area contributed by atoms with E-state index in [4.69, 9.17) is 0 Å². The van der Waals surface area contributed by atoms with E-state index in [0.717, 1.165) is 76.6 Å². The molecule has 2 aliphatic heterocycles. The van der Waals surface area contributed by atoms with Crippen molar-refractivity contribution in [2.24, 2.45) is 5.92 Å². The fraction of sp³-hybridized carbons (Fsp3) is 0.478. The van der Waals surface area contributed by atoms with Crippen LogP contribution in [0.3, 0.4) is 0 Å². The smallest absolute Gasteiger partial charge is 0.232 e. The predicted molar refractivity (Wildman–Crippen MR) is 119 cm³/mol. The zero-order valence-corrected chi connectivity index (χ0v) is 18.4. The van der Waals surface area contributed by atoms with Gasteiger partial charge in [-0.3, -0.25) is 9.69 Å². The molecular weight excluding hydrogens is 418 g/mol. The van der Waals surface area contributed by atoms with Gasteiger partial charge in [-0.15, -0.1) is 11.8 Å². The number of rotatable bonds is 6. The van der Waals surface area contributed by atoms with Gasteiger partial charge in [-0.1, -0.05) is 6.07 Å². The number of benzene rings is 1. The van der Waals surface area contributed by atoms with Crippen molar-refractivity contribution >= 4 is 23.5 Å². The number of carbonyl (C=O) groups excluding carboxylic acids is 1. The van der Waals surface area contributed by atoms with Crippen LogP contribution in [0.5, 0.6) is 0 Å². The van der Waals surface area contributed by atoms with Crippen LogP contribution in [-0.4, -0.2) is 72.3 Å². The maximum absolute atomic E-state index is 13.4. The number of aromatic nitrogens is 1. The van der Waals surface area contributed by atoms with Gasteiger partial charge in [0.1, 0.15) is 5.82 Å². The molecule has 1 aromatic heterocycles. The van der Waals surface area contributed by atoms with Crippen molar-refractivity contribution in [1.82, 2.24) is 14.8 Å². The number of likely N-dealkylation sites (tertiary alicyclic amines) is 1. The Labute approximate surface area is 186 Å². The zero-order valence-electron chi connectivity index (χ0n) is 17.6. The molecule has 1 atom stereocenters. The summed E-state index contributed by atoms with van der Waals surface area (Å²) >= 11 is 1.26. The van der Waals surface area contributed by atoms with Crippen LogP contribution >= 0.6 is 11.8 Å². The second-order valence-electron chi connectivity index (χ2n) is 8.19. The summed E-state index contributed by atoms with van der Waals surface area (Å²) in [5, 5.41) is 0. The van der Waals surface area contributed by atoms with Crippen LogP contribution < -0.4 is 4.90 Å². The summed E-state index contributed by atoms with van der Waals surface area (Å²) in [6.07, 6.45) is 3.99. The summed E-state index contributed by atoms with van der Waals surface area (Å²) < 4.78 is 26.4. The van der Waals surface area contributed by atoms with Crippen LogP contribution in [0.2, 0.25) is 0 Å². The van der Waals surface area contributed by atoms with Crippen molar-refractivity contribution < 1.29 is 13.6 Å². The number of thioether (sulfide) groups is 1. The van der Waals surface area contributed by atoms with Gasteiger partial charge >= 0.3 is 0 Å². The average molecular weight is 447 g/mol. The van der Waals surface area contributed by atoms with Crippen LogP contribution in [0.1, 0.15) is 12.8 Å². The molecule has 0 aliphatic carbocycles. The average Bonchev–Trinajstić information content (AvgIpc) is 2.81. The first kappa shape index (κ1) is 22.0. The van der Waals surface area contributed by atoms with Crippen molar-refractivity contribution in [2.75, 3.05) is 56.5 Å². The van der Waals surface area contributed by atoms with Crippen molar-refractivity contribution in [3.05, 3.63) is 54.2 Å². The number of carbonyl (C=O) groups is 1. The van der Waals surface area contributed by atoms with Crippen LogP contribution in [0.25, 0.3) is 0 Å². The number of piperazine rings is 1. The Balaban J connectivity index is 1.22. The molecule has 0 radical (unpaired) electrons. The van der Waals surface area contributed by atoms with E-state index < -0.39 is 11.6 Å². The topological polar surface area (TPSA) is 39.7 Å². The number of anilines is 1. The molecular formula is C23H28F2N4OS. The summed E-state index contributed by atoms with van der Waals surface area (Å²) in [5.74, 6) is 0.0940. The van der Waals surface area contributed by atoms with Crippen LogP contribution in [0, 0.1) is 17.6 Å². The Morgan fingerprint density at radius 2 is 1.90 bits per heavy atom. The van der Waals surface area contributed by atoms with Gasteiger partial charge in [-0.05, 0) is 49.1 Å². The van der Waals surface area contributed by atoms with E-state index in [1.807, 2.05) is 23.2 Å². The third-order valence-electron chi connectivity index (χ3n) is 5.99. The highest BCUT2D eigenvalue weighted by Crippen LogP contribution is 2.23. The normalized spacial score (nSPS) is 20.1. The lowest BCUT2D eigenvalue weighted by atomic mass is 9.97. The molecule has 0 bridgehead atoms. The highest BCUT2D eigenvalue weighted by atomic mass is 32.2. The number of amides is 1. The summed E-state index contributed by atoms with van der Waals surface area (Å²) in [4.78, 5) is 24.4. The van der Waals surface area contributed by atoms with Crippen LogP contribution in [0.4, 0.5) is 14.6 Å². The second kappa shape index (κ2) is 10.4. The van der Waals surface area contributed by atoms with Crippen molar-refractivity contribution in [2.45, 2.75) is 17.7 Å². The van der Waals surface area contributed by atoms with Gasteiger partial charge in [0.2, 0.25) is 5.91 Å². The van der Waals surface area contributed by atoms with E-state index in [2.05, 4.69) is 20.9 Å². The zero-order chi connectivity index (χ0) is 21.6. The number of piperidine rings is 1. The number of nitrogens with zero attached hydrogens (tertiary/aromatic N) is 4. The third-order valence-corrected chi connectivity index (χ3v) is 6.97. The Hall–Kier alpha value is -2.19. The molecule has 8 heteroatoms. The lowest BCUT2D eigenvalue weighted by molar-refractivity contribution is -0.130. The van der Waals surface area contributed by atoms with Crippen LogP contribution in [-0.2, 0) is 4.79 Å². The molecule has 5 nitrogen and oxygen atoms in total. The summed E-state index contributed by atoms with van der Waals surface area (Å²) in [6, 6.07) is 9.78. The van der Waals surface area contributed by atoms with Crippen LogP contribution in [0.15, 0.2) is 47.5 Å². The first-order chi connectivity index (χ1) is 15.1. The highest BCUT2D eigenvalue weighted by Gasteiger charge is 2.27. The van der Waals surface area contributed by atoms with Gasteiger partial charge in [0, 0.05) is 56.9 Å². The van der Waals surface area contributed by atoms with E-state index in [0.29, 0.717) is 10.8 Å². The van der Waals surface area contributed by atoms with Gasteiger partial charge in [-0.25, -0.2) is 13.8 Å². The molecule has 166 valence electrons. The molecule has 3 heterocycles. The first-order valence-corrected chi connectivity index (χ1v) is 11.8. The van der Waals surface area contributed by atoms with E-state index in [1.54, 1.807) is 0 Å². The molecule has 0 saturated carbocycles. The minimum atomic E-state index is -0.876. The van der Waals surface area contributed by atoms with E-state index in [9.17, 15) is 13.6 Å². The standard InChI is InChI=1S/C23H28F2N4OS/c24-20-7-6-19(14-21(20)25)31-17-23(30)29-9-3-4-18(16-29)15-27-10-12-28(13-11-27)22-5-1-2-8-26-22/h1-2,5-8,14,18H,3-4,9-13,15-17H2.